The van der Waals surface area contributed by atoms with Crippen molar-refractivity contribution >= 4 is 22.2 Å². The number of aryl methyl sites for hydroxylation is 1. The number of hydrogen-bond acceptors (Lipinski definition) is 10. The molecule has 1 amide bonds. The summed E-state index contributed by atoms with van der Waals surface area (Å²) < 4.78 is 47.6. The van der Waals surface area contributed by atoms with E-state index in [0.717, 1.165) is 0 Å². The molecule has 0 spiro atoms. The van der Waals surface area contributed by atoms with E-state index in [2.05, 4.69) is 25.0 Å². The van der Waals surface area contributed by atoms with Gasteiger partial charge in [0, 0.05) is 43.6 Å². The molecular weight excluding hydrogens is 523 g/mol. The topological polar surface area (TPSA) is 105 Å². The highest BCUT2D eigenvalue weighted by Gasteiger charge is 2.38. The van der Waals surface area contributed by atoms with Crippen molar-refractivity contribution in [3.8, 4) is 17.3 Å². The van der Waals surface area contributed by atoms with Gasteiger partial charge in [0.25, 0.3) is 0 Å². The molecule has 0 unspecified atom stereocenters. The maximum absolute atomic E-state index is 13.6. The molecule has 206 valence electrons. The largest absolute Gasteiger partial charge is 0.464 e. The van der Waals surface area contributed by atoms with Gasteiger partial charge in [-0.2, -0.15) is 18.3 Å². The third-order valence-corrected chi connectivity index (χ3v) is 7.07. The molecule has 1 saturated heterocycles. The van der Waals surface area contributed by atoms with Gasteiger partial charge >= 0.3 is 12.2 Å². The maximum atomic E-state index is 13.6. The molecule has 0 radical (unpaired) electrons. The molecule has 0 aromatic carbocycles. The van der Waals surface area contributed by atoms with Crippen LogP contribution < -0.4 is 9.64 Å². The van der Waals surface area contributed by atoms with Crippen LogP contribution in [0.2, 0.25) is 0 Å². The SMILES string of the molecule is CCOc1ncc(-c2nc(C(F)(F)F)sc2N2CCN(C(=O)Cn3nc(CN(C)C)nc3C)[C@H](C)C2)cn1. The quantitative estimate of drug-likeness (QED) is 0.416. The van der Waals surface area contributed by atoms with E-state index in [1.54, 1.807) is 23.4 Å². The van der Waals surface area contributed by atoms with Gasteiger partial charge < -0.3 is 19.4 Å². The van der Waals surface area contributed by atoms with E-state index in [0.29, 0.717) is 66.3 Å². The predicted octanol–water partition coefficient (Wildman–Crippen LogP) is 2.72. The van der Waals surface area contributed by atoms with Crippen molar-refractivity contribution in [2.75, 3.05) is 45.2 Å². The number of piperazine rings is 1. The third-order valence-electron chi connectivity index (χ3n) is 5.91. The average Bonchev–Trinajstić information content (AvgIpc) is 3.43. The number of rotatable bonds is 8. The highest BCUT2D eigenvalue weighted by Crippen LogP contribution is 2.43. The summed E-state index contributed by atoms with van der Waals surface area (Å²) >= 11 is 0.579. The molecule has 3 aromatic rings. The summed E-state index contributed by atoms with van der Waals surface area (Å²) in [6.45, 7) is 7.48. The second kappa shape index (κ2) is 11.2. The molecule has 11 nitrogen and oxygen atoms in total. The first-order valence-electron chi connectivity index (χ1n) is 12.1. The second-order valence-electron chi connectivity index (χ2n) is 9.21. The molecule has 1 aliphatic heterocycles. The van der Waals surface area contributed by atoms with Crippen molar-refractivity contribution in [1.82, 2.24) is 39.5 Å². The molecule has 4 heterocycles. The summed E-state index contributed by atoms with van der Waals surface area (Å²) in [5.74, 6) is 1.16. The van der Waals surface area contributed by atoms with Crippen molar-refractivity contribution in [2.24, 2.45) is 0 Å². The van der Waals surface area contributed by atoms with E-state index in [4.69, 9.17) is 4.74 Å². The number of anilines is 1. The van der Waals surface area contributed by atoms with Crippen LogP contribution in [0, 0.1) is 6.92 Å². The number of halogens is 3. The summed E-state index contributed by atoms with van der Waals surface area (Å²) in [5.41, 5.74) is 0.514. The fraction of sp³-hybridized carbons (Fsp3) is 0.565. The lowest BCUT2D eigenvalue weighted by molar-refractivity contribution is -0.137. The molecule has 3 aromatic heterocycles. The van der Waals surface area contributed by atoms with E-state index in [1.807, 2.05) is 30.8 Å². The number of nitrogens with zero attached hydrogens (tertiary/aromatic N) is 9. The number of carbonyl (C=O) groups excluding carboxylic acids is 1. The smallest absolute Gasteiger partial charge is 0.443 e. The number of hydrogen-bond donors (Lipinski definition) is 0. The van der Waals surface area contributed by atoms with E-state index >= 15 is 0 Å². The van der Waals surface area contributed by atoms with E-state index in [9.17, 15) is 18.0 Å². The van der Waals surface area contributed by atoms with Crippen LogP contribution in [0.1, 0.15) is 30.5 Å². The van der Waals surface area contributed by atoms with Crippen molar-refractivity contribution in [3.63, 3.8) is 0 Å². The van der Waals surface area contributed by atoms with Crippen molar-refractivity contribution < 1.29 is 22.7 Å². The Kier molecular flexibility index (Phi) is 8.16. The molecule has 0 saturated carbocycles. The third kappa shape index (κ3) is 6.20. The summed E-state index contributed by atoms with van der Waals surface area (Å²) in [6.07, 6.45) is -1.77. The van der Waals surface area contributed by atoms with Gasteiger partial charge in [0.2, 0.25) is 10.9 Å². The van der Waals surface area contributed by atoms with Gasteiger partial charge in [-0.15, -0.1) is 0 Å². The summed E-state index contributed by atoms with van der Waals surface area (Å²) in [4.78, 5) is 35.1. The minimum absolute atomic E-state index is 0.0458. The van der Waals surface area contributed by atoms with Crippen LogP contribution >= 0.6 is 11.3 Å². The number of alkyl halides is 3. The zero-order valence-corrected chi connectivity index (χ0v) is 22.7. The minimum Gasteiger partial charge on any atom is -0.464 e. The summed E-state index contributed by atoms with van der Waals surface area (Å²) in [5, 5.41) is 3.85. The Bertz CT molecular complexity index is 1260. The van der Waals surface area contributed by atoms with E-state index in [-0.39, 0.29) is 30.2 Å². The zero-order chi connectivity index (χ0) is 27.6. The van der Waals surface area contributed by atoms with Crippen LogP contribution in [0.25, 0.3) is 11.3 Å². The Morgan fingerprint density at radius 3 is 2.53 bits per heavy atom. The lowest BCUT2D eigenvalue weighted by Gasteiger charge is -2.40. The van der Waals surface area contributed by atoms with Crippen LogP contribution in [-0.2, 0) is 24.1 Å². The van der Waals surface area contributed by atoms with Gasteiger partial charge in [-0.25, -0.2) is 24.6 Å². The van der Waals surface area contributed by atoms with E-state index in [1.165, 1.54) is 12.4 Å². The first-order valence-corrected chi connectivity index (χ1v) is 12.9. The van der Waals surface area contributed by atoms with Gasteiger partial charge in [-0.05, 0) is 34.9 Å². The van der Waals surface area contributed by atoms with Crippen LogP contribution in [0.15, 0.2) is 12.4 Å². The minimum atomic E-state index is -4.59. The normalized spacial score (nSPS) is 16.4. The van der Waals surface area contributed by atoms with Crippen LogP contribution in [0.4, 0.5) is 18.2 Å². The van der Waals surface area contributed by atoms with Crippen molar-refractivity contribution in [1.29, 1.82) is 0 Å². The molecule has 4 rings (SSSR count). The van der Waals surface area contributed by atoms with E-state index < -0.39 is 11.2 Å². The first-order chi connectivity index (χ1) is 18.0. The number of carbonyl (C=O) groups is 1. The van der Waals surface area contributed by atoms with Gasteiger partial charge in [-0.3, -0.25) is 4.79 Å². The molecule has 1 atom stereocenters. The van der Waals surface area contributed by atoms with Crippen molar-refractivity contribution in [2.45, 2.75) is 46.1 Å². The molecular formula is C23H30F3N9O2S. The molecule has 0 N–H and O–H groups in total. The Balaban J connectivity index is 1.51. The van der Waals surface area contributed by atoms with Crippen LogP contribution in [0.5, 0.6) is 6.01 Å². The Morgan fingerprint density at radius 2 is 1.92 bits per heavy atom. The highest BCUT2D eigenvalue weighted by molar-refractivity contribution is 7.16. The summed E-state index contributed by atoms with van der Waals surface area (Å²) in [6, 6.07) is -0.108. The molecule has 1 fully saturated rings. The van der Waals surface area contributed by atoms with Gasteiger partial charge in [0.1, 0.15) is 23.1 Å². The molecule has 38 heavy (non-hydrogen) atoms. The number of ether oxygens (including phenoxy) is 1. The lowest BCUT2D eigenvalue weighted by atomic mass is 10.1. The number of thiazole rings is 1. The Labute approximate surface area is 222 Å². The second-order valence-corrected chi connectivity index (χ2v) is 10.2. The Hall–Kier alpha value is -3.33. The number of amides is 1. The standard InChI is InChI=1S/C23H30F3N9O2S/c1-6-37-22-27-9-16(10-28-22)19-20(38-21(30-19)23(24,25)26)33-7-8-34(14(2)11-33)18(36)13-35-15(3)29-17(31-35)12-32(4)5/h9-10,14H,6-8,11-13H2,1-5H3/t14-/m1/s1. The molecule has 0 aliphatic carbocycles. The van der Waals surface area contributed by atoms with Crippen LogP contribution in [-0.4, -0.2) is 91.8 Å². The molecule has 1 aliphatic rings. The fourth-order valence-corrected chi connectivity index (χ4v) is 5.18. The predicted molar refractivity (Wildman–Crippen MR) is 135 cm³/mol. The number of aromatic nitrogens is 6. The molecule has 15 heteroatoms. The monoisotopic (exact) mass is 553 g/mol. The molecule has 0 bridgehead atoms. The highest BCUT2D eigenvalue weighted by atomic mass is 32.1. The van der Waals surface area contributed by atoms with Crippen LogP contribution in [0.3, 0.4) is 0 Å². The first kappa shape index (κ1) is 27.7. The van der Waals surface area contributed by atoms with Gasteiger partial charge in [-0.1, -0.05) is 11.3 Å². The van der Waals surface area contributed by atoms with Gasteiger partial charge in [0.05, 0.1) is 13.2 Å². The lowest BCUT2D eigenvalue weighted by Crippen LogP contribution is -2.54. The zero-order valence-electron chi connectivity index (χ0n) is 21.9. The van der Waals surface area contributed by atoms with Gasteiger partial charge in [0.15, 0.2) is 5.82 Å². The fourth-order valence-electron chi connectivity index (χ4n) is 4.19. The Morgan fingerprint density at radius 1 is 1.21 bits per heavy atom. The average molecular weight is 554 g/mol. The van der Waals surface area contributed by atoms with Crippen molar-refractivity contribution in [3.05, 3.63) is 29.1 Å². The maximum Gasteiger partial charge on any atom is 0.443 e. The summed E-state index contributed by atoms with van der Waals surface area (Å²) in [7, 11) is 3.83.